The highest BCUT2D eigenvalue weighted by Crippen LogP contribution is 2.23. The standard InChI is InChI=1S/C22H27N3O5S.C13H17NO4S.C9H14N2O2.C8H9NO2S.C6H5NO2S.C2H6BrN/c1-22(2,3)30-21(27)24-17-8-12-19(13-9-17)31-15-20(26)23-14-4-5-16-6-10-18(11-7-16)25(28)29;1-13(2,3)18-12(17)14-9-4-6-10(7-5-9)19-8-11(15)16;10-7-1-2-8-3-5-9(6-4-8)11-13-12;9-6-1-3-7(4-2-6)12-5-8(10)11;8-7(9)5-1-3-6(10)4-2-5;3-1-2-4/h6-13H,4-5,14-15H2,1-3H3,(H,23,26)(H,24,27);4-7H,8H2,1-3H3,(H,14,17)(H,15,16);3-6,11-12H,1-2,7,10H2;1-4H,5,9H2,(H,10,11);1-4,10H;1-2,4H2. The Morgan fingerprint density at radius 1 is 0.562 bits per heavy atom. The quantitative estimate of drug-likeness (QED) is 0.00415. The Labute approximate surface area is 544 Å². The molecule has 0 aromatic heterocycles. The van der Waals surface area contributed by atoms with E-state index in [-0.39, 0.29) is 34.5 Å². The zero-order valence-electron chi connectivity index (χ0n) is 50.1. The van der Waals surface area contributed by atoms with Crippen molar-refractivity contribution in [1.82, 2.24) is 5.32 Å². The Kier molecular flexibility index (Phi) is 39.9. The number of nitrogen functional groups attached to an aromatic ring is 1. The Bertz CT molecular complexity index is 3040. The van der Waals surface area contributed by atoms with Crippen molar-refractivity contribution in [1.29, 1.82) is 0 Å². The van der Waals surface area contributed by atoms with Crippen LogP contribution in [0, 0.1) is 20.2 Å². The van der Waals surface area contributed by atoms with E-state index in [4.69, 9.17) is 42.1 Å². The van der Waals surface area contributed by atoms with Crippen LogP contribution in [0.3, 0.4) is 0 Å². The second kappa shape index (κ2) is 44.8. The molecule has 0 unspecified atom stereocenters. The van der Waals surface area contributed by atoms with E-state index in [0.717, 1.165) is 68.4 Å². The van der Waals surface area contributed by atoms with Gasteiger partial charge in [-0.2, -0.15) is 0 Å². The van der Waals surface area contributed by atoms with E-state index in [2.05, 4.69) is 55.0 Å². The van der Waals surface area contributed by atoms with Crippen LogP contribution in [0.2, 0.25) is 0 Å². The first-order chi connectivity index (χ1) is 42.0. The second-order valence-electron chi connectivity index (χ2n) is 19.9. The topological polar surface area (TPSA) is 386 Å². The monoisotopic (exact) mass is 1370 g/mol. The molecule has 0 saturated heterocycles. The SMILES string of the molecule is CC(C)(C)OC(=O)Nc1ccc(SCC(=O)NCCCc2ccc([N+](=O)[O-])cc2)cc1.CC(C)(C)OC(=O)Nc1ccc(SCC(=O)O)cc1.NCCBr.NCCCc1ccc(NOO)cc1.Nc1ccc(SCC(=O)O)cc1.O=[N+]([O-])c1ccc(S)cc1. The number of carbonyl (C=O) groups is 5. The fraction of sp³-hybridized carbons (Fsp3) is 0.317. The molecule has 0 spiro atoms. The van der Waals surface area contributed by atoms with Crippen LogP contribution in [-0.2, 0) is 41.7 Å². The predicted octanol–water partition coefficient (Wildman–Crippen LogP) is 13.1. The van der Waals surface area contributed by atoms with E-state index in [1.54, 1.807) is 114 Å². The molecule has 0 saturated carbocycles. The molecule has 484 valence electrons. The van der Waals surface area contributed by atoms with Gasteiger partial charge in [0.15, 0.2) is 0 Å². The minimum absolute atomic E-state index is 0.0127. The van der Waals surface area contributed by atoms with Crippen molar-refractivity contribution in [3.05, 3.63) is 177 Å². The number of hydrogen-bond donors (Lipinski definition) is 11. The lowest BCUT2D eigenvalue weighted by atomic mass is 10.1. The van der Waals surface area contributed by atoms with E-state index < -0.39 is 45.2 Å². The molecular weight excluding hydrogens is 1290 g/mol. The van der Waals surface area contributed by atoms with Crippen LogP contribution in [0.15, 0.2) is 165 Å². The molecule has 0 aliphatic carbocycles. The maximum Gasteiger partial charge on any atom is 0.412 e. The zero-order valence-corrected chi connectivity index (χ0v) is 55.0. The summed E-state index contributed by atoms with van der Waals surface area (Å²) in [5.41, 5.74) is 22.1. The number of ether oxygens (including phenoxy) is 2. The average molecular weight is 1370 g/mol. The summed E-state index contributed by atoms with van der Waals surface area (Å²) in [5.74, 6) is -1.35. The van der Waals surface area contributed by atoms with Crippen LogP contribution < -0.4 is 38.6 Å². The van der Waals surface area contributed by atoms with Crippen molar-refractivity contribution < 1.29 is 63.8 Å². The highest BCUT2D eigenvalue weighted by atomic mass is 79.9. The summed E-state index contributed by atoms with van der Waals surface area (Å²) in [6, 6.07) is 41.3. The molecule has 6 rings (SSSR count). The number of alkyl halides is 1. The van der Waals surface area contributed by atoms with Crippen LogP contribution in [0.1, 0.15) is 65.5 Å². The number of amides is 3. The highest BCUT2D eigenvalue weighted by molar-refractivity contribution is 9.09. The molecule has 0 bridgehead atoms. The Balaban J connectivity index is 0.000000584. The van der Waals surface area contributed by atoms with Crippen LogP contribution in [0.5, 0.6) is 0 Å². The van der Waals surface area contributed by atoms with Gasteiger partial charge in [0.25, 0.3) is 11.4 Å². The van der Waals surface area contributed by atoms with Gasteiger partial charge in [0.2, 0.25) is 5.91 Å². The number of thiol groups is 1. The van der Waals surface area contributed by atoms with Gasteiger partial charge in [0, 0.05) is 79.3 Å². The summed E-state index contributed by atoms with van der Waals surface area (Å²) in [7, 11) is 0. The number of aliphatic carboxylic acids is 2. The number of benzene rings is 6. The predicted molar refractivity (Wildman–Crippen MR) is 360 cm³/mol. The average Bonchev–Trinajstić information content (AvgIpc) is 3.70. The van der Waals surface area contributed by atoms with Gasteiger partial charge in [0.1, 0.15) is 11.2 Å². The molecular formula is C60H78BrN9O15S4. The first-order valence-corrected chi connectivity index (χ1v) is 31.5. The Hall–Kier alpha value is -7.61. The zero-order chi connectivity index (χ0) is 66.8. The molecule has 0 fully saturated rings. The van der Waals surface area contributed by atoms with Gasteiger partial charge in [0.05, 0.1) is 32.8 Å². The van der Waals surface area contributed by atoms with E-state index in [0.29, 0.717) is 30.2 Å². The van der Waals surface area contributed by atoms with Crippen molar-refractivity contribution in [2.24, 2.45) is 11.5 Å². The number of carboxylic acid groups (broad SMARTS) is 2. The molecule has 24 nitrogen and oxygen atoms in total. The molecule has 0 radical (unpaired) electrons. The molecule has 89 heavy (non-hydrogen) atoms. The number of rotatable bonds is 23. The number of aryl methyl sites for hydroxylation is 2. The smallest absolute Gasteiger partial charge is 0.412 e. The number of nitro groups is 2. The molecule has 6 aromatic rings. The van der Waals surface area contributed by atoms with Crippen molar-refractivity contribution >= 4 is 128 Å². The van der Waals surface area contributed by atoms with E-state index in [1.165, 1.54) is 65.1 Å². The summed E-state index contributed by atoms with van der Waals surface area (Å²) in [6.07, 6.45) is 2.43. The van der Waals surface area contributed by atoms with Crippen molar-refractivity contribution in [3.8, 4) is 0 Å². The summed E-state index contributed by atoms with van der Waals surface area (Å²) in [6.45, 7) is 12.7. The number of nitrogens with one attached hydrogen (secondary N) is 4. The summed E-state index contributed by atoms with van der Waals surface area (Å²) >= 11 is 11.0. The third-order valence-electron chi connectivity index (χ3n) is 10.0. The Morgan fingerprint density at radius 2 is 0.921 bits per heavy atom. The summed E-state index contributed by atoms with van der Waals surface area (Å²) in [5, 5.41) is 54.8. The summed E-state index contributed by atoms with van der Waals surface area (Å²) in [4.78, 5) is 83.0. The highest BCUT2D eigenvalue weighted by Gasteiger charge is 2.17. The van der Waals surface area contributed by atoms with E-state index in [1.807, 2.05) is 48.5 Å². The number of thioether (sulfide) groups is 3. The van der Waals surface area contributed by atoms with Gasteiger partial charge in [-0.3, -0.25) is 45.2 Å². The lowest BCUT2D eigenvalue weighted by Gasteiger charge is -2.19. The summed E-state index contributed by atoms with van der Waals surface area (Å²) < 4.78 is 10.3. The number of halogens is 1. The number of nitro benzene ring substituents is 2. The lowest BCUT2D eigenvalue weighted by Crippen LogP contribution is -2.27. The fourth-order valence-electron chi connectivity index (χ4n) is 6.14. The van der Waals surface area contributed by atoms with Crippen molar-refractivity contribution in [3.63, 3.8) is 0 Å². The molecule has 29 heteroatoms. The second-order valence-corrected chi connectivity index (χ2v) is 24.4. The molecule has 0 aliphatic heterocycles. The van der Waals surface area contributed by atoms with Gasteiger partial charge in [-0.05, 0) is 182 Å². The third-order valence-corrected chi connectivity index (χ3v) is 13.8. The first kappa shape index (κ1) is 79.4. The minimum Gasteiger partial charge on any atom is -0.481 e. The number of non-ortho nitro benzene ring substituents is 2. The van der Waals surface area contributed by atoms with E-state index in [9.17, 15) is 44.2 Å². The largest absolute Gasteiger partial charge is 0.481 e. The molecule has 3 amide bonds. The third kappa shape index (κ3) is 42.0. The van der Waals surface area contributed by atoms with Gasteiger partial charge in [-0.1, -0.05) is 40.2 Å². The number of nitrogens with two attached hydrogens (primary N) is 3. The van der Waals surface area contributed by atoms with Crippen molar-refractivity contribution in [2.45, 2.75) is 98.0 Å². The first-order valence-electron chi connectivity index (χ1n) is 27.0. The number of nitrogens with zero attached hydrogens (tertiary/aromatic N) is 2. The van der Waals surface area contributed by atoms with Gasteiger partial charge in [-0.15, -0.1) is 52.9 Å². The minimum atomic E-state index is -0.860. The molecule has 0 heterocycles. The van der Waals surface area contributed by atoms with Crippen LogP contribution >= 0.6 is 63.8 Å². The maximum absolute atomic E-state index is 12.0. The number of anilines is 4. The number of carboxylic acids is 2. The van der Waals surface area contributed by atoms with Crippen LogP contribution in [0.4, 0.5) is 43.7 Å². The molecule has 0 atom stereocenters. The molecule has 13 N–H and O–H groups in total. The van der Waals surface area contributed by atoms with Gasteiger partial charge < -0.3 is 42.2 Å². The van der Waals surface area contributed by atoms with Gasteiger partial charge >= 0.3 is 24.1 Å². The van der Waals surface area contributed by atoms with Crippen molar-refractivity contribution in [2.75, 3.05) is 64.1 Å². The number of hydrogen-bond acceptors (Lipinski definition) is 21. The molecule has 0 aliphatic rings. The van der Waals surface area contributed by atoms with E-state index >= 15 is 0 Å². The van der Waals surface area contributed by atoms with Crippen LogP contribution in [-0.4, -0.2) is 109 Å². The maximum atomic E-state index is 12.0. The number of carbonyl (C=O) groups excluding carboxylic acids is 3. The van der Waals surface area contributed by atoms with Crippen LogP contribution in [0.25, 0.3) is 0 Å². The van der Waals surface area contributed by atoms with Gasteiger partial charge in [-0.25, -0.2) is 20.3 Å². The molecule has 6 aromatic carbocycles. The lowest BCUT2D eigenvalue weighted by molar-refractivity contribution is -0.385. The normalized spacial score (nSPS) is 10.3. The fourth-order valence-corrected chi connectivity index (χ4v) is 8.26. The Morgan fingerprint density at radius 3 is 1.28 bits per heavy atom.